The fraction of sp³-hybridized carbons (Fsp3) is 0.323. The number of rotatable bonds is 9. The first-order valence-electron chi connectivity index (χ1n) is 13.8. The minimum absolute atomic E-state index is 0.111. The summed E-state index contributed by atoms with van der Waals surface area (Å²) in [4.78, 5) is 33.2. The quantitative estimate of drug-likeness (QED) is 0.335. The van der Waals surface area contributed by atoms with E-state index in [0.717, 1.165) is 23.6 Å². The number of pyridine rings is 1. The Bertz CT molecular complexity index is 1710. The number of hydrogen-bond donors (Lipinski definition) is 2. The molecule has 1 fully saturated rings. The number of primary amides is 1. The number of aryl methyl sites for hydroxylation is 1. The molecule has 1 saturated heterocycles. The highest BCUT2D eigenvalue weighted by Gasteiger charge is 2.29. The predicted molar refractivity (Wildman–Crippen MR) is 161 cm³/mol. The van der Waals surface area contributed by atoms with Gasteiger partial charge < -0.3 is 20.7 Å². The summed E-state index contributed by atoms with van der Waals surface area (Å²) in [5, 5.41) is 2.44. The van der Waals surface area contributed by atoms with Crippen LogP contribution in [0.25, 0.3) is 0 Å². The average Bonchev–Trinajstić information content (AvgIpc) is 2.96. The van der Waals surface area contributed by atoms with Crippen LogP contribution >= 0.6 is 0 Å². The standard InChI is InChI=1S/C31H33F2N5O5S/c1-4-5-14-38(31(40)36-28-17-25(30(34)39)26(32)18-27(28)33)22-12-15-37(16-13-22)19-21-6-11-29(35-20(21)2)43-23-7-9-24(10-8-23)44(3,41)42/h6-11,17-18,22H,12-16,19H2,1-3H3,(H2,34,39)(H,36,40). The Morgan fingerprint density at radius 3 is 2.39 bits per heavy atom. The second-order valence-electron chi connectivity index (χ2n) is 10.4. The maximum Gasteiger partial charge on any atom is 0.322 e. The van der Waals surface area contributed by atoms with Crippen molar-refractivity contribution in [1.82, 2.24) is 14.8 Å². The van der Waals surface area contributed by atoms with Crippen molar-refractivity contribution in [3.63, 3.8) is 0 Å². The van der Waals surface area contributed by atoms with Gasteiger partial charge in [0.05, 0.1) is 22.7 Å². The molecule has 1 aliphatic rings. The number of nitrogens with zero attached hydrogens (tertiary/aromatic N) is 3. The molecule has 4 rings (SSSR count). The number of carbonyl (C=O) groups excluding carboxylic acids is 2. The molecule has 232 valence electrons. The Kier molecular flexibility index (Phi) is 10.2. The fourth-order valence-electron chi connectivity index (χ4n) is 4.85. The van der Waals surface area contributed by atoms with Gasteiger partial charge in [0.1, 0.15) is 17.4 Å². The number of nitrogens with one attached hydrogen (secondary N) is 1. The number of nitrogens with two attached hydrogens (primary N) is 1. The highest BCUT2D eigenvalue weighted by atomic mass is 32.2. The molecule has 10 nitrogen and oxygen atoms in total. The van der Waals surface area contributed by atoms with E-state index in [1.807, 2.05) is 13.0 Å². The van der Waals surface area contributed by atoms with Crippen LogP contribution in [0.4, 0.5) is 19.3 Å². The fourth-order valence-corrected chi connectivity index (χ4v) is 5.48. The molecule has 0 spiro atoms. The Labute approximate surface area is 255 Å². The van der Waals surface area contributed by atoms with Crippen molar-refractivity contribution in [3.8, 4) is 23.5 Å². The summed E-state index contributed by atoms with van der Waals surface area (Å²) in [6.07, 6.45) is 2.41. The Morgan fingerprint density at radius 1 is 1.11 bits per heavy atom. The second-order valence-corrected chi connectivity index (χ2v) is 12.4. The molecule has 3 aromatic rings. The van der Waals surface area contributed by atoms with Crippen molar-refractivity contribution < 1.29 is 31.5 Å². The van der Waals surface area contributed by atoms with E-state index in [9.17, 15) is 26.8 Å². The minimum Gasteiger partial charge on any atom is -0.439 e. The molecular weight excluding hydrogens is 592 g/mol. The van der Waals surface area contributed by atoms with Crippen molar-refractivity contribution in [1.29, 1.82) is 0 Å². The molecule has 0 unspecified atom stereocenters. The summed E-state index contributed by atoms with van der Waals surface area (Å²) in [5.41, 5.74) is 6.08. The molecule has 44 heavy (non-hydrogen) atoms. The van der Waals surface area contributed by atoms with Gasteiger partial charge in [0.2, 0.25) is 5.88 Å². The number of hydrogen-bond acceptors (Lipinski definition) is 7. The van der Waals surface area contributed by atoms with Crippen LogP contribution in [-0.2, 0) is 16.4 Å². The molecule has 0 bridgehead atoms. The monoisotopic (exact) mass is 625 g/mol. The van der Waals surface area contributed by atoms with Crippen molar-refractivity contribution >= 4 is 27.5 Å². The van der Waals surface area contributed by atoms with Gasteiger partial charge in [-0.3, -0.25) is 9.69 Å². The van der Waals surface area contributed by atoms with Crippen LogP contribution in [-0.4, -0.2) is 67.1 Å². The van der Waals surface area contributed by atoms with Crippen molar-refractivity contribution in [2.75, 3.05) is 31.2 Å². The normalized spacial score (nSPS) is 13.9. The lowest BCUT2D eigenvalue weighted by molar-refractivity contribution is 0.0996. The van der Waals surface area contributed by atoms with Crippen LogP contribution in [0.2, 0.25) is 0 Å². The molecule has 0 saturated carbocycles. The van der Waals surface area contributed by atoms with Gasteiger partial charge in [-0.2, -0.15) is 0 Å². The summed E-state index contributed by atoms with van der Waals surface area (Å²) >= 11 is 0. The highest BCUT2D eigenvalue weighted by Crippen LogP contribution is 2.25. The van der Waals surface area contributed by atoms with E-state index in [2.05, 4.69) is 27.0 Å². The van der Waals surface area contributed by atoms with Crippen LogP contribution < -0.4 is 15.8 Å². The maximum absolute atomic E-state index is 14.4. The van der Waals surface area contributed by atoms with E-state index in [1.165, 1.54) is 17.0 Å². The number of amides is 3. The summed E-state index contributed by atoms with van der Waals surface area (Å²) < 4.78 is 57.4. The number of aromatic nitrogens is 1. The Hall–Kier alpha value is -4.54. The minimum atomic E-state index is -3.30. The van der Waals surface area contributed by atoms with E-state index in [1.54, 1.807) is 25.1 Å². The maximum atomic E-state index is 14.4. The molecule has 0 atom stereocenters. The molecule has 1 aromatic heterocycles. The van der Waals surface area contributed by atoms with Crippen molar-refractivity contribution in [2.45, 2.75) is 44.2 Å². The Morgan fingerprint density at radius 2 is 1.80 bits per heavy atom. The molecule has 2 heterocycles. The summed E-state index contributed by atoms with van der Waals surface area (Å²) in [7, 11) is -3.30. The van der Waals surface area contributed by atoms with Crippen molar-refractivity contribution in [3.05, 3.63) is 77.0 Å². The molecule has 2 aromatic carbocycles. The van der Waals surface area contributed by atoms with Gasteiger partial charge in [-0.15, -0.1) is 5.92 Å². The van der Waals surface area contributed by atoms with Crippen LogP contribution in [0, 0.1) is 30.4 Å². The molecule has 3 amide bonds. The number of halogens is 2. The summed E-state index contributed by atoms with van der Waals surface area (Å²) in [6, 6.07) is 10.4. The number of sulfone groups is 1. The van der Waals surface area contributed by atoms with Crippen LogP contribution in [0.1, 0.15) is 41.4 Å². The zero-order valence-corrected chi connectivity index (χ0v) is 25.4. The number of anilines is 1. The zero-order valence-electron chi connectivity index (χ0n) is 24.6. The number of likely N-dealkylation sites (tertiary alicyclic amines) is 1. The van der Waals surface area contributed by atoms with Crippen LogP contribution in [0.15, 0.2) is 53.4 Å². The highest BCUT2D eigenvalue weighted by molar-refractivity contribution is 7.90. The molecular formula is C31H33F2N5O5S. The smallest absolute Gasteiger partial charge is 0.322 e. The lowest BCUT2D eigenvalue weighted by Crippen LogP contribution is -2.49. The lowest BCUT2D eigenvalue weighted by atomic mass is 10.0. The summed E-state index contributed by atoms with van der Waals surface area (Å²) in [5.74, 6) is 3.29. The third-order valence-electron chi connectivity index (χ3n) is 7.29. The zero-order chi connectivity index (χ0) is 32.0. The molecule has 0 aliphatic carbocycles. The second kappa shape index (κ2) is 13.8. The van der Waals surface area contributed by atoms with E-state index in [4.69, 9.17) is 10.5 Å². The SMILES string of the molecule is CC#CCN(C(=O)Nc1cc(C(N)=O)c(F)cc1F)C1CCN(Cc2ccc(Oc3ccc(S(C)(=O)=O)cc3)nc2C)CC1. The van der Waals surface area contributed by atoms with E-state index < -0.39 is 39.0 Å². The number of carbonyl (C=O) groups is 2. The molecule has 1 aliphatic heterocycles. The van der Waals surface area contributed by atoms with Gasteiger partial charge >= 0.3 is 6.03 Å². The molecule has 13 heteroatoms. The number of benzene rings is 2. The average molecular weight is 626 g/mol. The first kappa shape index (κ1) is 32.4. The number of ether oxygens (including phenoxy) is 1. The number of urea groups is 1. The van der Waals surface area contributed by atoms with Crippen LogP contribution in [0.3, 0.4) is 0 Å². The summed E-state index contributed by atoms with van der Waals surface area (Å²) in [6.45, 7) is 5.63. The van der Waals surface area contributed by atoms with Gasteiger partial charge in [-0.05, 0) is 62.6 Å². The first-order valence-corrected chi connectivity index (χ1v) is 15.7. The Balaban J connectivity index is 1.37. The van der Waals surface area contributed by atoms with Gasteiger partial charge in [0.25, 0.3) is 5.91 Å². The third-order valence-corrected chi connectivity index (χ3v) is 8.42. The number of piperidine rings is 1. The van der Waals surface area contributed by atoms with E-state index >= 15 is 0 Å². The van der Waals surface area contributed by atoms with Crippen molar-refractivity contribution in [2.24, 2.45) is 5.73 Å². The van der Waals surface area contributed by atoms with Gasteiger partial charge in [-0.1, -0.05) is 12.0 Å². The predicted octanol–water partition coefficient (Wildman–Crippen LogP) is 4.48. The van der Waals surface area contributed by atoms with Gasteiger partial charge in [-0.25, -0.2) is 27.0 Å². The van der Waals surface area contributed by atoms with Gasteiger partial charge in [0, 0.05) is 49.8 Å². The van der Waals surface area contributed by atoms with Crippen LogP contribution in [0.5, 0.6) is 11.6 Å². The molecule has 0 radical (unpaired) electrons. The van der Waals surface area contributed by atoms with Gasteiger partial charge in [0.15, 0.2) is 9.84 Å². The topological polar surface area (TPSA) is 135 Å². The third kappa shape index (κ3) is 8.09. The largest absolute Gasteiger partial charge is 0.439 e. The first-order chi connectivity index (χ1) is 20.8. The molecule has 3 N–H and O–H groups in total. The lowest BCUT2D eigenvalue weighted by Gasteiger charge is -2.38. The van der Waals surface area contributed by atoms with E-state index in [-0.39, 0.29) is 23.2 Å². The van der Waals surface area contributed by atoms with E-state index in [0.29, 0.717) is 50.2 Å².